The number of sulfonamides is 1. The number of carbonyl (C=O) groups excluding carboxylic acids is 2. The van der Waals surface area contributed by atoms with Crippen LogP contribution in [0.3, 0.4) is 0 Å². The maximum Gasteiger partial charge on any atom is 0.244 e. The van der Waals surface area contributed by atoms with Crippen LogP contribution in [0, 0.1) is 12.7 Å². The first-order chi connectivity index (χ1) is 9.55. The summed E-state index contributed by atoms with van der Waals surface area (Å²) < 4.78 is 38.7. The number of hydrogen-bond acceptors (Lipinski definition) is 5. The summed E-state index contributed by atoms with van der Waals surface area (Å²) in [5.41, 5.74) is 15.4. The molecular formula is C11H15FN4O4S. The zero-order valence-corrected chi connectivity index (χ0v) is 12.0. The smallest absolute Gasteiger partial charge is 0.244 e. The van der Waals surface area contributed by atoms with Crippen LogP contribution in [0.5, 0.6) is 0 Å². The lowest BCUT2D eigenvalue weighted by atomic mass is 10.2. The van der Waals surface area contributed by atoms with Gasteiger partial charge in [0.15, 0.2) is 0 Å². The molecular weight excluding hydrogens is 303 g/mol. The number of hydrogen-bond donors (Lipinski definition) is 3. The van der Waals surface area contributed by atoms with E-state index in [2.05, 4.69) is 0 Å². The maximum absolute atomic E-state index is 13.6. The molecule has 8 nitrogen and oxygen atoms in total. The van der Waals surface area contributed by atoms with Crippen molar-refractivity contribution in [1.29, 1.82) is 0 Å². The fourth-order valence-electron chi connectivity index (χ4n) is 1.55. The van der Waals surface area contributed by atoms with Gasteiger partial charge in [0, 0.05) is 11.3 Å². The molecule has 0 aromatic heterocycles. The van der Waals surface area contributed by atoms with Crippen LogP contribution in [0.2, 0.25) is 0 Å². The number of nitrogens with two attached hydrogens (primary N) is 3. The number of nitrogen functional groups attached to an aromatic ring is 1. The Morgan fingerprint density at radius 1 is 1.19 bits per heavy atom. The summed E-state index contributed by atoms with van der Waals surface area (Å²) in [7, 11) is -4.34. The molecule has 116 valence electrons. The zero-order chi connectivity index (χ0) is 16.4. The molecule has 0 saturated heterocycles. The standard InChI is InChI=1S/C11H15FN4O4S/c1-6-8(12)2-7(3-9(6)13)21(19,20)16(4-10(14)17)5-11(15)18/h2-3H,4-5,13H2,1H3,(H2,14,17)(H2,15,18). The van der Waals surface area contributed by atoms with Gasteiger partial charge in [-0.1, -0.05) is 0 Å². The molecule has 0 aliphatic rings. The molecule has 0 unspecified atom stereocenters. The van der Waals surface area contributed by atoms with Crippen molar-refractivity contribution in [2.45, 2.75) is 11.8 Å². The SMILES string of the molecule is Cc1c(N)cc(S(=O)(=O)N(CC(N)=O)CC(N)=O)cc1F. The molecule has 0 saturated carbocycles. The molecule has 1 aromatic carbocycles. The Hall–Kier alpha value is -2.20. The molecule has 21 heavy (non-hydrogen) atoms. The number of benzene rings is 1. The second-order valence-corrected chi connectivity index (χ2v) is 6.26. The van der Waals surface area contributed by atoms with Crippen molar-refractivity contribution in [2.24, 2.45) is 11.5 Å². The highest BCUT2D eigenvalue weighted by atomic mass is 32.2. The number of nitrogens with zero attached hydrogens (tertiary/aromatic N) is 1. The molecule has 0 fully saturated rings. The predicted molar refractivity (Wildman–Crippen MR) is 72.7 cm³/mol. The van der Waals surface area contributed by atoms with Gasteiger partial charge in [-0.2, -0.15) is 4.31 Å². The van der Waals surface area contributed by atoms with Gasteiger partial charge in [0.1, 0.15) is 5.82 Å². The lowest BCUT2D eigenvalue weighted by Gasteiger charge is -2.19. The Bertz CT molecular complexity index is 650. The molecule has 0 radical (unpaired) electrons. The van der Waals surface area contributed by atoms with Crippen LogP contribution in [-0.4, -0.2) is 37.6 Å². The molecule has 2 amide bonds. The normalized spacial score (nSPS) is 11.6. The lowest BCUT2D eigenvalue weighted by Crippen LogP contribution is -2.43. The van der Waals surface area contributed by atoms with Gasteiger partial charge in [0.2, 0.25) is 21.8 Å². The Labute approximate surface area is 120 Å². The summed E-state index contributed by atoms with van der Waals surface area (Å²) in [4.78, 5) is 21.4. The van der Waals surface area contributed by atoms with E-state index >= 15 is 0 Å². The van der Waals surface area contributed by atoms with Gasteiger partial charge in [-0.3, -0.25) is 9.59 Å². The molecule has 10 heteroatoms. The van der Waals surface area contributed by atoms with Gasteiger partial charge >= 0.3 is 0 Å². The van der Waals surface area contributed by atoms with E-state index in [4.69, 9.17) is 17.2 Å². The van der Waals surface area contributed by atoms with Crippen molar-refractivity contribution < 1.29 is 22.4 Å². The minimum atomic E-state index is -4.34. The lowest BCUT2D eigenvalue weighted by molar-refractivity contribution is -0.120. The van der Waals surface area contributed by atoms with E-state index in [1.807, 2.05) is 0 Å². The second kappa shape index (κ2) is 6.06. The second-order valence-electron chi connectivity index (χ2n) is 4.33. The maximum atomic E-state index is 13.6. The van der Waals surface area contributed by atoms with Crippen molar-refractivity contribution >= 4 is 27.5 Å². The highest BCUT2D eigenvalue weighted by molar-refractivity contribution is 7.89. The molecule has 1 aromatic rings. The minimum absolute atomic E-state index is 0.0772. The molecule has 0 aliphatic heterocycles. The third kappa shape index (κ3) is 3.89. The summed E-state index contributed by atoms with van der Waals surface area (Å²) in [6, 6.07) is 1.78. The summed E-state index contributed by atoms with van der Waals surface area (Å²) in [6.45, 7) is -0.146. The van der Waals surface area contributed by atoms with Crippen LogP contribution in [-0.2, 0) is 19.6 Å². The van der Waals surface area contributed by atoms with Crippen LogP contribution in [0.15, 0.2) is 17.0 Å². The largest absolute Gasteiger partial charge is 0.398 e. The minimum Gasteiger partial charge on any atom is -0.398 e. The first-order valence-electron chi connectivity index (χ1n) is 5.68. The molecule has 0 aliphatic carbocycles. The van der Waals surface area contributed by atoms with E-state index < -0.39 is 45.6 Å². The number of anilines is 1. The fraction of sp³-hybridized carbons (Fsp3) is 0.273. The van der Waals surface area contributed by atoms with E-state index in [1.54, 1.807) is 0 Å². The topological polar surface area (TPSA) is 150 Å². The number of amides is 2. The Morgan fingerprint density at radius 2 is 1.67 bits per heavy atom. The molecule has 0 atom stereocenters. The van der Waals surface area contributed by atoms with Gasteiger partial charge in [-0.25, -0.2) is 12.8 Å². The van der Waals surface area contributed by atoms with E-state index in [9.17, 15) is 22.4 Å². The molecule has 1 rings (SSSR count). The van der Waals surface area contributed by atoms with E-state index in [1.165, 1.54) is 6.92 Å². The number of primary amides is 2. The summed E-state index contributed by atoms with van der Waals surface area (Å²) in [5, 5.41) is 0. The van der Waals surface area contributed by atoms with E-state index in [-0.39, 0.29) is 11.3 Å². The molecule has 0 spiro atoms. The predicted octanol–water partition coefficient (Wildman–Crippen LogP) is -1.32. The van der Waals surface area contributed by atoms with Crippen LogP contribution >= 0.6 is 0 Å². The van der Waals surface area contributed by atoms with Crippen molar-refractivity contribution in [3.05, 3.63) is 23.5 Å². The number of carbonyl (C=O) groups is 2. The summed E-state index contributed by atoms with van der Waals surface area (Å²) in [6.07, 6.45) is 0. The van der Waals surface area contributed by atoms with Crippen molar-refractivity contribution in [3.8, 4) is 0 Å². The van der Waals surface area contributed by atoms with Crippen LogP contribution in [0.4, 0.5) is 10.1 Å². The zero-order valence-electron chi connectivity index (χ0n) is 11.2. The third-order valence-corrected chi connectivity index (χ3v) is 4.43. The number of halogens is 1. The van der Waals surface area contributed by atoms with Crippen LogP contribution in [0.25, 0.3) is 0 Å². The third-order valence-electron chi connectivity index (χ3n) is 2.66. The Morgan fingerprint density at radius 3 is 2.05 bits per heavy atom. The molecule has 0 heterocycles. The number of rotatable bonds is 6. The van der Waals surface area contributed by atoms with Crippen molar-refractivity contribution in [2.75, 3.05) is 18.8 Å². The van der Waals surface area contributed by atoms with Gasteiger partial charge in [0.05, 0.1) is 18.0 Å². The highest BCUT2D eigenvalue weighted by Crippen LogP contribution is 2.23. The van der Waals surface area contributed by atoms with Crippen molar-refractivity contribution in [3.63, 3.8) is 0 Å². The monoisotopic (exact) mass is 318 g/mol. The van der Waals surface area contributed by atoms with Gasteiger partial charge in [-0.15, -0.1) is 0 Å². The quantitative estimate of drug-likeness (QED) is 0.556. The average Bonchev–Trinajstić information content (AvgIpc) is 2.33. The van der Waals surface area contributed by atoms with Gasteiger partial charge < -0.3 is 17.2 Å². The first kappa shape index (κ1) is 16.9. The summed E-state index contributed by atoms with van der Waals surface area (Å²) >= 11 is 0. The fourth-order valence-corrected chi connectivity index (χ4v) is 2.97. The Kier molecular flexibility index (Phi) is 4.86. The van der Waals surface area contributed by atoms with Gasteiger partial charge in [0.25, 0.3) is 0 Å². The molecule has 0 bridgehead atoms. The molecule has 6 N–H and O–H groups in total. The van der Waals surface area contributed by atoms with E-state index in [0.717, 1.165) is 12.1 Å². The van der Waals surface area contributed by atoms with Crippen LogP contribution in [0.1, 0.15) is 5.56 Å². The van der Waals surface area contributed by atoms with Crippen molar-refractivity contribution in [1.82, 2.24) is 4.31 Å². The summed E-state index contributed by atoms with van der Waals surface area (Å²) in [5.74, 6) is -2.80. The first-order valence-corrected chi connectivity index (χ1v) is 7.12. The van der Waals surface area contributed by atoms with Gasteiger partial charge in [-0.05, 0) is 19.1 Å². The van der Waals surface area contributed by atoms with Crippen LogP contribution < -0.4 is 17.2 Å². The Balaban J connectivity index is 3.34. The highest BCUT2D eigenvalue weighted by Gasteiger charge is 2.28. The average molecular weight is 318 g/mol. The van der Waals surface area contributed by atoms with E-state index in [0.29, 0.717) is 4.31 Å².